The maximum Gasteiger partial charge on any atom is 0.261 e. The summed E-state index contributed by atoms with van der Waals surface area (Å²) < 4.78 is 1.80. The molecule has 0 aliphatic carbocycles. The molecule has 4 rings (SSSR count). The summed E-state index contributed by atoms with van der Waals surface area (Å²) in [6.07, 6.45) is 5.10. The second-order valence-electron chi connectivity index (χ2n) is 7.94. The molecule has 0 spiro atoms. The fourth-order valence-electron chi connectivity index (χ4n) is 3.93. The van der Waals surface area contributed by atoms with Crippen LogP contribution in [0.25, 0.3) is 10.9 Å². The molecular formula is C24H26N4O3. The highest BCUT2D eigenvalue weighted by Gasteiger charge is 2.15. The van der Waals surface area contributed by atoms with Gasteiger partial charge >= 0.3 is 0 Å². The number of amides is 2. The number of carbonyl (C=O) groups is 2. The Balaban J connectivity index is 1.51. The first-order valence-electron chi connectivity index (χ1n) is 10.7. The minimum atomic E-state index is -0.221. The molecule has 0 unspecified atom stereocenters. The van der Waals surface area contributed by atoms with Gasteiger partial charge in [0.15, 0.2) is 0 Å². The molecule has 31 heavy (non-hydrogen) atoms. The molecule has 1 aliphatic rings. The van der Waals surface area contributed by atoms with Gasteiger partial charge in [0.1, 0.15) is 5.82 Å². The van der Waals surface area contributed by atoms with Crippen LogP contribution in [0.3, 0.4) is 0 Å². The molecule has 1 aromatic heterocycles. The topological polar surface area (TPSA) is 93.1 Å². The summed E-state index contributed by atoms with van der Waals surface area (Å²) in [4.78, 5) is 41.4. The summed E-state index contributed by atoms with van der Waals surface area (Å²) >= 11 is 0. The number of anilines is 1. The lowest BCUT2D eigenvalue weighted by atomic mass is 10.1. The van der Waals surface area contributed by atoms with Gasteiger partial charge in [-0.15, -0.1) is 0 Å². The molecule has 2 N–H and O–H groups in total. The molecule has 2 amide bonds. The fraction of sp³-hybridized carbons (Fsp3) is 0.333. The van der Waals surface area contributed by atoms with E-state index in [2.05, 4.69) is 10.6 Å². The Hall–Kier alpha value is -3.48. The summed E-state index contributed by atoms with van der Waals surface area (Å²) in [7, 11) is 0. The van der Waals surface area contributed by atoms with Crippen molar-refractivity contribution in [3.8, 4) is 0 Å². The predicted octanol–water partition coefficient (Wildman–Crippen LogP) is 3.40. The first kappa shape index (κ1) is 20.8. The lowest BCUT2D eigenvalue weighted by Crippen LogP contribution is -2.27. The zero-order valence-corrected chi connectivity index (χ0v) is 17.6. The molecule has 2 aromatic carbocycles. The van der Waals surface area contributed by atoms with E-state index < -0.39 is 0 Å². The second kappa shape index (κ2) is 9.12. The first-order chi connectivity index (χ1) is 15.0. The van der Waals surface area contributed by atoms with Crippen molar-refractivity contribution < 1.29 is 9.59 Å². The number of rotatable bonds is 4. The summed E-state index contributed by atoms with van der Waals surface area (Å²) in [6, 6.07) is 12.4. The van der Waals surface area contributed by atoms with E-state index in [0.29, 0.717) is 35.2 Å². The Bertz CT molecular complexity index is 1180. The number of nitrogens with one attached hydrogen (secondary N) is 2. The average Bonchev–Trinajstić information content (AvgIpc) is 2.73. The van der Waals surface area contributed by atoms with Gasteiger partial charge in [-0.2, -0.15) is 0 Å². The fourth-order valence-corrected chi connectivity index (χ4v) is 3.93. The van der Waals surface area contributed by atoms with E-state index in [9.17, 15) is 14.4 Å². The maximum atomic E-state index is 12.9. The summed E-state index contributed by atoms with van der Waals surface area (Å²) in [6.45, 7) is 2.53. The van der Waals surface area contributed by atoms with Crippen LogP contribution in [0, 0.1) is 0 Å². The Morgan fingerprint density at radius 1 is 1.03 bits per heavy atom. The van der Waals surface area contributed by atoms with Crippen LogP contribution >= 0.6 is 0 Å². The van der Waals surface area contributed by atoms with Crippen LogP contribution < -0.4 is 16.2 Å². The standard InChI is InChI=1S/C24H26N4O3/c1-16(29)26-19-10-7-17(8-11-19)15-25-23(30)18-9-12-20-21(14-18)27-22-6-4-2-3-5-13-28(22)24(20)31/h7-12,14H,2-6,13,15H2,1H3,(H,25,30)(H,26,29). The van der Waals surface area contributed by atoms with Crippen LogP contribution in [-0.2, 0) is 24.3 Å². The molecule has 2 heterocycles. The summed E-state index contributed by atoms with van der Waals surface area (Å²) in [5.41, 5.74) is 2.66. The van der Waals surface area contributed by atoms with Crippen LogP contribution in [0.15, 0.2) is 47.3 Å². The van der Waals surface area contributed by atoms with Crippen LogP contribution in [0.5, 0.6) is 0 Å². The molecule has 0 bridgehead atoms. The van der Waals surface area contributed by atoms with Gasteiger partial charge in [0.05, 0.1) is 10.9 Å². The van der Waals surface area contributed by atoms with Crippen LogP contribution in [0.2, 0.25) is 0 Å². The number of aryl methyl sites for hydroxylation is 1. The SMILES string of the molecule is CC(=O)Nc1ccc(CNC(=O)c2ccc3c(=O)n4c(nc3c2)CCCCCC4)cc1. The molecule has 3 aromatic rings. The number of hydrogen-bond donors (Lipinski definition) is 2. The van der Waals surface area contributed by atoms with E-state index in [-0.39, 0.29) is 17.4 Å². The van der Waals surface area contributed by atoms with E-state index in [1.165, 1.54) is 6.92 Å². The predicted molar refractivity (Wildman–Crippen MR) is 120 cm³/mol. The third-order valence-corrected chi connectivity index (χ3v) is 5.56. The molecule has 1 aliphatic heterocycles. The van der Waals surface area contributed by atoms with Gasteiger partial charge in [-0.3, -0.25) is 19.0 Å². The molecule has 0 radical (unpaired) electrons. The van der Waals surface area contributed by atoms with Gasteiger partial charge in [-0.05, 0) is 48.7 Å². The minimum absolute atomic E-state index is 0.0203. The molecule has 0 saturated heterocycles. The number of fused-ring (bicyclic) bond motifs is 2. The second-order valence-corrected chi connectivity index (χ2v) is 7.94. The number of aromatic nitrogens is 2. The lowest BCUT2D eigenvalue weighted by Gasteiger charge is -2.16. The van der Waals surface area contributed by atoms with E-state index in [1.54, 1.807) is 34.9 Å². The minimum Gasteiger partial charge on any atom is -0.348 e. The van der Waals surface area contributed by atoms with Gasteiger partial charge in [0, 0.05) is 37.7 Å². The maximum absolute atomic E-state index is 12.9. The van der Waals surface area contributed by atoms with Crippen molar-refractivity contribution in [1.29, 1.82) is 0 Å². The number of benzene rings is 2. The van der Waals surface area contributed by atoms with Gasteiger partial charge in [0.25, 0.3) is 11.5 Å². The number of hydrogen-bond acceptors (Lipinski definition) is 4. The van der Waals surface area contributed by atoms with Crippen molar-refractivity contribution in [1.82, 2.24) is 14.9 Å². The molecular weight excluding hydrogens is 392 g/mol. The molecule has 160 valence electrons. The zero-order valence-electron chi connectivity index (χ0n) is 17.6. The normalized spacial score (nSPS) is 13.7. The van der Waals surface area contributed by atoms with Crippen LogP contribution in [0.1, 0.15) is 54.4 Å². The van der Waals surface area contributed by atoms with Gasteiger partial charge in [0.2, 0.25) is 5.91 Å². The van der Waals surface area contributed by atoms with Gasteiger partial charge in [-0.1, -0.05) is 25.0 Å². The van der Waals surface area contributed by atoms with Gasteiger partial charge < -0.3 is 10.6 Å². The Morgan fingerprint density at radius 3 is 2.58 bits per heavy atom. The highest BCUT2D eigenvalue weighted by Crippen LogP contribution is 2.17. The monoisotopic (exact) mass is 418 g/mol. The molecule has 7 heteroatoms. The number of nitrogens with zero attached hydrogens (tertiary/aromatic N) is 2. The van der Waals surface area contributed by atoms with Crippen molar-refractivity contribution in [3.63, 3.8) is 0 Å². The van der Waals surface area contributed by atoms with E-state index in [0.717, 1.165) is 43.5 Å². The Kier molecular flexibility index (Phi) is 6.11. The highest BCUT2D eigenvalue weighted by atomic mass is 16.2. The van der Waals surface area contributed by atoms with Crippen molar-refractivity contribution in [2.24, 2.45) is 0 Å². The van der Waals surface area contributed by atoms with Gasteiger partial charge in [-0.25, -0.2) is 4.98 Å². The quantitative estimate of drug-likeness (QED) is 0.679. The molecule has 0 fully saturated rings. The van der Waals surface area contributed by atoms with E-state index >= 15 is 0 Å². The summed E-state index contributed by atoms with van der Waals surface area (Å²) in [5, 5.41) is 6.16. The Morgan fingerprint density at radius 2 is 1.81 bits per heavy atom. The van der Waals surface area contributed by atoms with Crippen LogP contribution in [0.4, 0.5) is 5.69 Å². The van der Waals surface area contributed by atoms with Crippen molar-refractivity contribution in [2.45, 2.75) is 52.1 Å². The number of carbonyl (C=O) groups excluding carboxylic acids is 2. The van der Waals surface area contributed by atoms with E-state index in [1.807, 2.05) is 12.1 Å². The highest BCUT2D eigenvalue weighted by molar-refractivity contribution is 5.97. The molecule has 0 atom stereocenters. The van der Waals surface area contributed by atoms with E-state index in [4.69, 9.17) is 4.98 Å². The van der Waals surface area contributed by atoms with Crippen molar-refractivity contribution in [3.05, 3.63) is 69.8 Å². The lowest BCUT2D eigenvalue weighted by molar-refractivity contribution is -0.114. The molecule has 7 nitrogen and oxygen atoms in total. The molecule has 0 saturated carbocycles. The zero-order chi connectivity index (χ0) is 21.8. The third kappa shape index (κ3) is 4.82. The Labute approximate surface area is 180 Å². The van der Waals surface area contributed by atoms with Crippen molar-refractivity contribution in [2.75, 3.05) is 5.32 Å². The van der Waals surface area contributed by atoms with Crippen molar-refractivity contribution >= 4 is 28.4 Å². The summed E-state index contributed by atoms with van der Waals surface area (Å²) in [5.74, 6) is 0.466. The third-order valence-electron chi connectivity index (χ3n) is 5.56. The van der Waals surface area contributed by atoms with Crippen LogP contribution in [-0.4, -0.2) is 21.4 Å². The largest absolute Gasteiger partial charge is 0.348 e. The average molecular weight is 418 g/mol. The smallest absolute Gasteiger partial charge is 0.261 e. The first-order valence-corrected chi connectivity index (χ1v) is 10.7.